The number of hydrogen-bond donors (Lipinski definition) is 2. The van der Waals surface area contributed by atoms with E-state index in [9.17, 15) is 8.42 Å². The average Bonchev–Trinajstić information content (AvgIpc) is 3.11. The van der Waals surface area contributed by atoms with Gasteiger partial charge in [0.15, 0.2) is 0 Å². The first kappa shape index (κ1) is 14.0. The third-order valence-electron chi connectivity index (χ3n) is 2.90. The summed E-state index contributed by atoms with van der Waals surface area (Å²) in [7, 11) is -3.30. The lowest BCUT2D eigenvalue weighted by atomic mass is 10.3. The quantitative estimate of drug-likeness (QED) is 0.743. The van der Waals surface area contributed by atoms with Crippen molar-refractivity contribution in [3.8, 4) is 0 Å². The van der Waals surface area contributed by atoms with E-state index in [0.29, 0.717) is 11.7 Å². The standard InChI is InChI=1S/C12H13N5O2S2/c1-2-21(18,19)12-17-16-11(20-12)13-7-10-14-8-5-3-4-6-9(8)15-10/h3-6H,2,7H2,1H3,(H,13,16)(H,14,15). The van der Waals surface area contributed by atoms with Crippen molar-refractivity contribution in [1.29, 1.82) is 0 Å². The van der Waals surface area contributed by atoms with Gasteiger partial charge in [-0.05, 0) is 12.1 Å². The van der Waals surface area contributed by atoms with Gasteiger partial charge in [-0.25, -0.2) is 13.4 Å². The number of aromatic amines is 1. The molecule has 110 valence electrons. The van der Waals surface area contributed by atoms with Gasteiger partial charge in [-0.3, -0.25) is 0 Å². The van der Waals surface area contributed by atoms with Gasteiger partial charge >= 0.3 is 0 Å². The minimum Gasteiger partial charge on any atom is -0.353 e. The molecule has 0 bridgehead atoms. The Bertz CT molecular complexity index is 836. The van der Waals surface area contributed by atoms with Crippen molar-refractivity contribution >= 4 is 37.3 Å². The first-order valence-electron chi connectivity index (χ1n) is 6.32. The topological polar surface area (TPSA) is 101 Å². The zero-order chi connectivity index (χ0) is 14.9. The van der Waals surface area contributed by atoms with E-state index in [2.05, 4.69) is 25.5 Å². The molecule has 3 rings (SSSR count). The molecule has 0 saturated heterocycles. The van der Waals surface area contributed by atoms with Crippen LogP contribution in [0.4, 0.5) is 5.13 Å². The van der Waals surface area contributed by atoms with E-state index in [-0.39, 0.29) is 10.1 Å². The molecule has 0 aliphatic heterocycles. The van der Waals surface area contributed by atoms with Gasteiger partial charge in [0.2, 0.25) is 19.3 Å². The van der Waals surface area contributed by atoms with Crippen molar-refractivity contribution in [2.24, 2.45) is 0 Å². The zero-order valence-electron chi connectivity index (χ0n) is 11.2. The SMILES string of the molecule is CCS(=O)(=O)c1nnc(NCc2nc3ccccc3[nH]2)s1. The molecular formula is C12H13N5O2S2. The summed E-state index contributed by atoms with van der Waals surface area (Å²) >= 11 is 1.03. The van der Waals surface area contributed by atoms with Gasteiger partial charge in [0.05, 0.1) is 23.3 Å². The second kappa shape index (κ2) is 5.41. The molecule has 2 aromatic heterocycles. The molecular weight excluding hydrogens is 310 g/mol. The van der Waals surface area contributed by atoms with Crippen LogP contribution < -0.4 is 5.32 Å². The van der Waals surface area contributed by atoms with E-state index in [1.165, 1.54) is 0 Å². The lowest BCUT2D eigenvalue weighted by molar-refractivity contribution is 0.595. The summed E-state index contributed by atoms with van der Waals surface area (Å²) < 4.78 is 23.4. The Labute approximate surface area is 125 Å². The predicted molar refractivity (Wildman–Crippen MR) is 81.1 cm³/mol. The van der Waals surface area contributed by atoms with Crippen LogP contribution in [0.5, 0.6) is 0 Å². The van der Waals surface area contributed by atoms with Gasteiger partial charge in [0.1, 0.15) is 5.82 Å². The van der Waals surface area contributed by atoms with E-state index in [1.807, 2.05) is 24.3 Å². The Morgan fingerprint density at radius 2 is 2.10 bits per heavy atom. The van der Waals surface area contributed by atoms with E-state index in [0.717, 1.165) is 28.2 Å². The molecule has 0 atom stereocenters. The molecule has 0 unspecified atom stereocenters. The summed E-state index contributed by atoms with van der Waals surface area (Å²) in [5.74, 6) is 0.775. The summed E-state index contributed by atoms with van der Waals surface area (Å²) in [5, 5.41) is 11.0. The van der Waals surface area contributed by atoms with Crippen molar-refractivity contribution < 1.29 is 8.42 Å². The molecule has 2 N–H and O–H groups in total. The molecule has 7 nitrogen and oxygen atoms in total. The fourth-order valence-electron chi connectivity index (χ4n) is 1.78. The van der Waals surface area contributed by atoms with Crippen molar-refractivity contribution in [1.82, 2.24) is 20.2 Å². The lowest BCUT2D eigenvalue weighted by Crippen LogP contribution is -2.02. The number of H-pyrrole nitrogens is 1. The first-order valence-corrected chi connectivity index (χ1v) is 8.79. The highest BCUT2D eigenvalue weighted by molar-refractivity contribution is 7.93. The van der Waals surface area contributed by atoms with Crippen molar-refractivity contribution in [2.75, 3.05) is 11.1 Å². The monoisotopic (exact) mass is 323 g/mol. The summed E-state index contributed by atoms with van der Waals surface area (Å²) in [4.78, 5) is 7.60. The van der Waals surface area contributed by atoms with Gasteiger partial charge < -0.3 is 10.3 Å². The Balaban J connectivity index is 1.73. The summed E-state index contributed by atoms with van der Waals surface area (Å²) in [6, 6.07) is 7.73. The third kappa shape index (κ3) is 2.88. The normalized spacial score (nSPS) is 11.9. The Morgan fingerprint density at radius 1 is 1.29 bits per heavy atom. The van der Waals surface area contributed by atoms with E-state index >= 15 is 0 Å². The van der Waals surface area contributed by atoms with Crippen molar-refractivity contribution in [3.05, 3.63) is 30.1 Å². The molecule has 0 fully saturated rings. The maximum absolute atomic E-state index is 11.7. The minimum absolute atomic E-state index is 0.0191. The van der Waals surface area contributed by atoms with Crippen LogP contribution in [0.3, 0.4) is 0 Å². The number of hydrogen-bond acceptors (Lipinski definition) is 7. The van der Waals surface area contributed by atoms with Crippen LogP contribution in [-0.2, 0) is 16.4 Å². The van der Waals surface area contributed by atoms with Crippen molar-refractivity contribution in [3.63, 3.8) is 0 Å². The number of imidazole rings is 1. The number of aromatic nitrogens is 4. The van der Waals surface area contributed by atoms with Crippen LogP contribution in [0.15, 0.2) is 28.6 Å². The molecule has 1 aromatic carbocycles. The fourth-order valence-corrected chi connectivity index (χ4v) is 3.76. The van der Waals surface area contributed by atoms with E-state index in [1.54, 1.807) is 6.92 Å². The highest BCUT2D eigenvalue weighted by Gasteiger charge is 2.17. The predicted octanol–water partition coefficient (Wildman–Crippen LogP) is 1.82. The Morgan fingerprint density at radius 3 is 2.86 bits per heavy atom. The lowest BCUT2D eigenvalue weighted by Gasteiger charge is -1.97. The molecule has 0 aliphatic rings. The summed E-state index contributed by atoms with van der Waals surface area (Å²) in [6.45, 7) is 2.01. The Kier molecular flexibility index (Phi) is 3.60. The number of anilines is 1. The number of fused-ring (bicyclic) bond motifs is 1. The Hall–Kier alpha value is -2.00. The van der Waals surface area contributed by atoms with Gasteiger partial charge in [0, 0.05) is 0 Å². The van der Waals surface area contributed by atoms with Crippen LogP contribution in [0, 0.1) is 0 Å². The molecule has 9 heteroatoms. The maximum atomic E-state index is 11.7. The molecule has 0 amide bonds. The average molecular weight is 323 g/mol. The molecule has 0 aliphatic carbocycles. The number of rotatable bonds is 5. The summed E-state index contributed by atoms with van der Waals surface area (Å²) in [5.41, 5.74) is 1.85. The molecule has 21 heavy (non-hydrogen) atoms. The second-order valence-corrected chi connectivity index (χ2v) is 7.76. The third-order valence-corrected chi connectivity index (χ3v) is 5.96. The minimum atomic E-state index is -3.30. The smallest absolute Gasteiger partial charge is 0.234 e. The maximum Gasteiger partial charge on any atom is 0.234 e. The molecule has 3 aromatic rings. The highest BCUT2D eigenvalue weighted by Crippen LogP contribution is 2.21. The summed E-state index contributed by atoms with van der Waals surface area (Å²) in [6.07, 6.45) is 0. The van der Waals surface area contributed by atoms with Crippen molar-refractivity contribution in [2.45, 2.75) is 17.8 Å². The first-order chi connectivity index (χ1) is 10.1. The fraction of sp³-hybridized carbons (Fsp3) is 0.250. The largest absolute Gasteiger partial charge is 0.353 e. The molecule has 2 heterocycles. The van der Waals surface area contributed by atoms with Gasteiger partial charge in [-0.1, -0.05) is 30.4 Å². The molecule has 0 saturated carbocycles. The number of nitrogens with one attached hydrogen (secondary N) is 2. The van der Waals surface area contributed by atoms with E-state index < -0.39 is 9.84 Å². The number of nitrogens with zero attached hydrogens (tertiary/aromatic N) is 3. The number of benzene rings is 1. The van der Waals surface area contributed by atoms with Gasteiger partial charge in [-0.2, -0.15) is 0 Å². The zero-order valence-corrected chi connectivity index (χ0v) is 12.8. The number of para-hydroxylation sites is 2. The van der Waals surface area contributed by atoms with Crippen LogP contribution in [-0.4, -0.2) is 34.3 Å². The molecule has 0 spiro atoms. The van der Waals surface area contributed by atoms with Crippen LogP contribution in [0.1, 0.15) is 12.7 Å². The van der Waals surface area contributed by atoms with Gasteiger partial charge in [0.25, 0.3) is 0 Å². The van der Waals surface area contributed by atoms with Crippen LogP contribution in [0.2, 0.25) is 0 Å². The molecule has 0 radical (unpaired) electrons. The van der Waals surface area contributed by atoms with Crippen LogP contribution in [0.25, 0.3) is 11.0 Å². The van der Waals surface area contributed by atoms with Crippen LogP contribution >= 0.6 is 11.3 Å². The highest BCUT2D eigenvalue weighted by atomic mass is 32.2. The van der Waals surface area contributed by atoms with Gasteiger partial charge in [-0.15, -0.1) is 10.2 Å². The van der Waals surface area contributed by atoms with E-state index in [4.69, 9.17) is 0 Å². The number of sulfone groups is 1. The second-order valence-electron chi connectivity index (χ2n) is 4.33.